The molecule has 4 nitrogen and oxygen atoms in total. The Morgan fingerprint density at radius 1 is 1.36 bits per heavy atom. The summed E-state index contributed by atoms with van der Waals surface area (Å²) in [6, 6.07) is 0. The highest BCUT2D eigenvalue weighted by Crippen LogP contribution is 2.14. The minimum absolute atomic E-state index is 0.0770. The maximum absolute atomic E-state index is 11.0. The number of carbonyl (C=O) groups is 2. The molecule has 0 aromatic heterocycles. The van der Waals surface area contributed by atoms with Gasteiger partial charge in [-0.15, -0.1) is 11.8 Å². The molecular formula is C9H16O4S. The molecule has 0 aliphatic rings. The third kappa shape index (κ3) is 6.77. The highest BCUT2D eigenvalue weighted by molar-refractivity contribution is 8.00. The molecule has 14 heavy (non-hydrogen) atoms. The number of hydrogen-bond acceptors (Lipinski definition) is 5. The van der Waals surface area contributed by atoms with Crippen molar-refractivity contribution in [2.45, 2.75) is 25.5 Å². The van der Waals surface area contributed by atoms with Crippen LogP contribution < -0.4 is 0 Å². The first kappa shape index (κ1) is 13.3. The summed E-state index contributed by atoms with van der Waals surface area (Å²) in [5.74, 6) is -0.222. The van der Waals surface area contributed by atoms with E-state index < -0.39 is 0 Å². The lowest BCUT2D eigenvalue weighted by Gasteiger charge is -2.08. The molecule has 0 saturated carbocycles. The molecule has 5 heteroatoms. The van der Waals surface area contributed by atoms with Crippen molar-refractivity contribution in [2.24, 2.45) is 0 Å². The number of rotatable bonds is 6. The molecule has 0 N–H and O–H groups in total. The van der Waals surface area contributed by atoms with Gasteiger partial charge in [-0.25, -0.2) is 0 Å². The molecule has 0 aromatic rings. The van der Waals surface area contributed by atoms with Crippen LogP contribution in [-0.2, 0) is 19.1 Å². The van der Waals surface area contributed by atoms with Crippen LogP contribution in [-0.4, -0.2) is 36.7 Å². The van der Waals surface area contributed by atoms with Crippen LogP contribution in [0.25, 0.3) is 0 Å². The summed E-state index contributed by atoms with van der Waals surface area (Å²) < 4.78 is 9.25. The highest BCUT2D eigenvalue weighted by atomic mass is 32.2. The SMILES string of the molecule is CCOC(=O)CC(C)SCC(=O)OC. The molecule has 1 unspecified atom stereocenters. The summed E-state index contributed by atoms with van der Waals surface area (Å²) >= 11 is 1.39. The molecule has 0 aliphatic carbocycles. The van der Waals surface area contributed by atoms with Gasteiger partial charge in [-0.2, -0.15) is 0 Å². The van der Waals surface area contributed by atoms with Crippen LogP contribution in [0, 0.1) is 0 Å². The Balaban J connectivity index is 3.59. The number of esters is 2. The summed E-state index contributed by atoms with van der Waals surface area (Å²) in [4.78, 5) is 21.8. The Hall–Kier alpha value is -0.710. The molecular weight excluding hydrogens is 204 g/mol. The number of thioether (sulfide) groups is 1. The van der Waals surface area contributed by atoms with Crippen LogP contribution in [0.4, 0.5) is 0 Å². The normalized spacial score (nSPS) is 11.9. The van der Waals surface area contributed by atoms with Crippen LogP contribution in [0.1, 0.15) is 20.3 Å². The van der Waals surface area contributed by atoms with Gasteiger partial charge in [-0.1, -0.05) is 6.92 Å². The molecule has 0 aliphatic heterocycles. The number of methoxy groups -OCH3 is 1. The monoisotopic (exact) mass is 220 g/mol. The first-order chi connectivity index (χ1) is 6.60. The first-order valence-electron chi connectivity index (χ1n) is 4.44. The summed E-state index contributed by atoms with van der Waals surface area (Å²) in [5, 5.41) is 0.0770. The van der Waals surface area contributed by atoms with E-state index in [0.29, 0.717) is 13.0 Å². The summed E-state index contributed by atoms with van der Waals surface area (Å²) in [6.07, 6.45) is 0.329. The van der Waals surface area contributed by atoms with Crippen LogP contribution in [0.2, 0.25) is 0 Å². The predicted molar refractivity (Wildman–Crippen MR) is 55.2 cm³/mol. The molecule has 0 saturated heterocycles. The molecule has 0 fully saturated rings. The summed E-state index contributed by atoms with van der Waals surface area (Å²) in [6.45, 7) is 4.04. The van der Waals surface area contributed by atoms with Gasteiger partial charge in [-0.3, -0.25) is 9.59 Å². The van der Waals surface area contributed by atoms with Crippen molar-refractivity contribution in [3.05, 3.63) is 0 Å². The van der Waals surface area contributed by atoms with E-state index in [1.54, 1.807) is 6.92 Å². The number of hydrogen-bond donors (Lipinski definition) is 0. The maximum atomic E-state index is 11.0. The smallest absolute Gasteiger partial charge is 0.315 e. The largest absolute Gasteiger partial charge is 0.468 e. The molecule has 0 radical (unpaired) electrons. The van der Waals surface area contributed by atoms with Crippen LogP contribution in [0.15, 0.2) is 0 Å². The second kappa shape index (κ2) is 7.67. The van der Waals surface area contributed by atoms with Gasteiger partial charge >= 0.3 is 11.9 Å². The summed E-state index contributed by atoms with van der Waals surface area (Å²) in [7, 11) is 1.35. The topological polar surface area (TPSA) is 52.6 Å². The van der Waals surface area contributed by atoms with E-state index in [1.165, 1.54) is 18.9 Å². The van der Waals surface area contributed by atoms with E-state index in [9.17, 15) is 9.59 Å². The van der Waals surface area contributed by atoms with Crippen molar-refractivity contribution in [3.8, 4) is 0 Å². The zero-order chi connectivity index (χ0) is 11.0. The van der Waals surface area contributed by atoms with Crippen molar-refractivity contribution < 1.29 is 19.1 Å². The lowest BCUT2D eigenvalue weighted by atomic mass is 10.3. The van der Waals surface area contributed by atoms with Gasteiger partial charge in [0.15, 0.2) is 0 Å². The average Bonchev–Trinajstić information content (AvgIpc) is 2.14. The van der Waals surface area contributed by atoms with E-state index in [2.05, 4.69) is 4.74 Å². The number of ether oxygens (including phenoxy) is 2. The zero-order valence-electron chi connectivity index (χ0n) is 8.74. The first-order valence-corrected chi connectivity index (χ1v) is 5.49. The quantitative estimate of drug-likeness (QED) is 0.630. The summed E-state index contributed by atoms with van der Waals surface area (Å²) in [5.41, 5.74) is 0. The molecule has 0 aromatic carbocycles. The molecule has 0 amide bonds. The lowest BCUT2D eigenvalue weighted by Crippen LogP contribution is -2.13. The highest BCUT2D eigenvalue weighted by Gasteiger charge is 2.12. The van der Waals surface area contributed by atoms with Crippen molar-refractivity contribution in [1.82, 2.24) is 0 Å². The fourth-order valence-electron chi connectivity index (χ4n) is 0.783. The van der Waals surface area contributed by atoms with Crippen molar-refractivity contribution >= 4 is 23.7 Å². The van der Waals surface area contributed by atoms with Crippen LogP contribution in [0.5, 0.6) is 0 Å². The third-order valence-electron chi connectivity index (χ3n) is 1.47. The van der Waals surface area contributed by atoms with Gasteiger partial charge in [0.2, 0.25) is 0 Å². The second-order valence-electron chi connectivity index (χ2n) is 2.71. The zero-order valence-corrected chi connectivity index (χ0v) is 9.56. The molecule has 0 bridgehead atoms. The van der Waals surface area contributed by atoms with Gasteiger partial charge in [0, 0.05) is 5.25 Å². The molecule has 0 spiro atoms. The van der Waals surface area contributed by atoms with Crippen LogP contribution >= 0.6 is 11.8 Å². The van der Waals surface area contributed by atoms with E-state index in [1.807, 2.05) is 6.92 Å². The van der Waals surface area contributed by atoms with Crippen molar-refractivity contribution in [2.75, 3.05) is 19.5 Å². The fraction of sp³-hybridized carbons (Fsp3) is 0.778. The van der Waals surface area contributed by atoms with Gasteiger partial charge in [0.25, 0.3) is 0 Å². The maximum Gasteiger partial charge on any atom is 0.315 e. The van der Waals surface area contributed by atoms with E-state index in [-0.39, 0.29) is 22.9 Å². The van der Waals surface area contributed by atoms with E-state index >= 15 is 0 Å². The van der Waals surface area contributed by atoms with Crippen molar-refractivity contribution in [3.63, 3.8) is 0 Å². The van der Waals surface area contributed by atoms with E-state index in [4.69, 9.17) is 4.74 Å². The predicted octanol–water partition coefficient (Wildman–Crippen LogP) is 1.23. The molecule has 0 heterocycles. The second-order valence-corrected chi connectivity index (χ2v) is 4.13. The Morgan fingerprint density at radius 2 is 2.00 bits per heavy atom. The van der Waals surface area contributed by atoms with Gasteiger partial charge in [0.05, 0.1) is 25.9 Å². The fourth-order valence-corrected chi connectivity index (χ4v) is 1.58. The van der Waals surface area contributed by atoms with Crippen LogP contribution in [0.3, 0.4) is 0 Å². The Labute approximate surface area is 88.3 Å². The van der Waals surface area contributed by atoms with Gasteiger partial charge in [0.1, 0.15) is 0 Å². The standard InChI is InChI=1S/C9H16O4S/c1-4-13-8(10)5-7(2)14-6-9(11)12-3/h7H,4-6H2,1-3H3. The molecule has 1 atom stereocenters. The minimum atomic E-state index is -0.272. The van der Waals surface area contributed by atoms with Crippen molar-refractivity contribution in [1.29, 1.82) is 0 Å². The Bertz CT molecular complexity index is 193. The third-order valence-corrected chi connectivity index (χ3v) is 2.61. The van der Waals surface area contributed by atoms with E-state index in [0.717, 1.165) is 0 Å². The Morgan fingerprint density at radius 3 is 2.50 bits per heavy atom. The number of carbonyl (C=O) groups excluding carboxylic acids is 2. The minimum Gasteiger partial charge on any atom is -0.468 e. The molecule has 82 valence electrons. The molecule has 0 rings (SSSR count). The van der Waals surface area contributed by atoms with Gasteiger partial charge in [-0.05, 0) is 6.92 Å². The lowest BCUT2D eigenvalue weighted by molar-refractivity contribution is -0.143. The Kier molecular flexibility index (Phi) is 7.28. The average molecular weight is 220 g/mol. The van der Waals surface area contributed by atoms with Gasteiger partial charge < -0.3 is 9.47 Å².